The van der Waals surface area contributed by atoms with Gasteiger partial charge in [0.2, 0.25) is 0 Å². The SMILES string of the molecule is O=c1[nH]c2ccc(CCN3CCN(c4nsc5ccccc45)CC3)cc2[nH]1. The Kier molecular flexibility index (Phi) is 4.18. The molecule has 0 atom stereocenters. The number of nitrogens with zero attached hydrogens (tertiary/aromatic N) is 3. The van der Waals surface area contributed by atoms with Gasteiger partial charge in [-0.1, -0.05) is 18.2 Å². The number of fused-ring (bicyclic) bond motifs is 2. The minimum absolute atomic E-state index is 0.146. The van der Waals surface area contributed by atoms with Gasteiger partial charge in [-0.05, 0) is 47.8 Å². The molecule has 1 aliphatic rings. The third kappa shape index (κ3) is 3.24. The highest BCUT2D eigenvalue weighted by Gasteiger charge is 2.20. The number of hydrogen-bond donors (Lipinski definition) is 2. The van der Waals surface area contributed by atoms with Crippen LogP contribution in [-0.2, 0) is 6.42 Å². The Balaban J connectivity index is 1.21. The molecule has 1 fully saturated rings. The third-order valence-electron chi connectivity index (χ3n) is 5.33. The van der Waals surface area contributed by atoms with Gasteiger partial charge in [-0.3, -0.25) is 4.90 Å². The average Bonchev–Trinajstić information content (AvgIpc) is 3.29. The Hall–Kier alpha value is -2.64. The molecule has 2 aromatic carbocycles. The van der Waals surface area contributed by atoms with Crippen molar-refractivity contribution in [3.63, 3.8) is 0 Å². The van der Waals surface area contributed by atoms with Crippen LogP contribution in [0, 0.1) is 0 Å². The van der Waals surface area contributed by atoms with Gasteiger partial charge >= 0.3 is 5.69 Å². The van der Waals surface area contributed by atoms with E-state index in [4.69, 9.17) is 0 Å². The van der Waals surface area contributed by atoms with Gasteiger partial charge in [-0.25, -0.2) is 4.79 Å². The number of aromatic amines is 2. The first-order valence-electron chi connectivity index (χ1n) is 9.29. The summed E-state index contributed by atoms with van der Waals surface area (Å²) < 4.78 is 5.94. The van der Waals surface area contributed by atoms with Crippen molar-refractivity contribution in [2.24, 2.45) is 0 Å². The summed E-state index contributed by atoms with van der Waals surface area (Å²) in [6, 6.07) is 14.6. The van der Waals surface area contributed by atoms with Crippen molar-refractivity contribution < 1.29 is 0 Å². The Morgan fingerprint density at radius 3 is 2.70 bits per heavy atom. The molecule has 27 heavy (non-hydrogen) atoms. The van der Waals surface area contributed by atoms with E-state index in [1.54, 1.807) is 11.5 Å². The van der Waals surface area contributed by atoms with Gasteiger partial charge < -0.3 is 14.9 Å². The molecule has 5 rings (SSSR count). The molecule has 1 aliphatic heterocycles. The highest BCUT2D eigenvalue weighted by molar-refractivity contribution is 7.13. The molecule has 138 valence electrons. The molecule has 3 heterocycles. The summed E-state index contributed by atoms with van der Waals surface area (Å²) in [7, 11) is 0. The van der Waals surface area contributed by atoms with Gasteiger partial charge in [0.15, 0.2) is 0 Å². The zero-order valence-corrected chi connectivity index (χ0v) is 15.8. The van der Waals surface area contributed by atoms with Gasteiger partial charge in [0.05, 0.1) is 15.7 Å². The average molecular weight is 379 g/mol. The number of nitrogens with one attached hydrogen (secondary N) is 2. The fourth-order valence-electron chi connectivity index (χ4n) is 3.81. The highest BCUT2D eigenvalue weighted by Crippen LogP contribution is 2.29. The standard InChI is InChI=1S/C20H21N5OS/c26-20-21-16-6-5-14(13-17(16)22-20)7-8-24-9-11-25(12-10-24)19-15-3-1-2-4-18(15)27-23-19/h1-6,13H,7-12H2,(H2,21,22,26). The van der Waals surface area contributed by atoms with E-state index in [1.807, 2.05) is 6.07 Å². The van der Waals surface area contributed by atoms with Crippen molar-refractivity contribution in [2.45, 2.75) is 6.42 Å². The predicted molar refractivity (Wildman–Crippen MR) is 111 cm³/mol. The molecule has 0 bridgehead atoms. The van der Waals surface area contributed by atoms with E-state index in [-0.39, 0.29) is 5.69 Å². The summed E-state index contributed by atoms with van der Waals surface area (Å²) in [5.74, 6) is 1.14. The lowest BCUT2D eigenvalue weighted by molar-refractivity contribution is 0.261. The Morgan fingerprint density at radius 2 is 1.81 bits per heavy atom. The number of imidazole rings is 1. The lowest BCUT2D eigenvalue weighted by Gasteiger charge is -2.35. The van der Waals surface area contributed by atoms with Crippen LogP contribution in [0.4, 0.5) is 5.82 Å². The number of rotatable bonds is 4. The first-order chi connectivity index (χ1) is 13.3. The maximum Gasteiger partial charge on any atom is 0.323 e. The maximum atomic E-state index is 11.4. The minimum Gasteiger partial charge on any atom is -0.353 e. The summed E-state index contributed by atoms with van der Waals surface area (Å²) in [4.78, 5) is 21.9. The normalized spacial score (nSPS) is 15.8. The number of aromatic nitrogens is 3. The molecule has 7 heteroatoms. The smallest absolute Gasteiger partial charge is 0.323 e. The quantitative estimate of drug-likeness (QED) is 0.572. The topological polar surface area (TPSA) is 68.0 Å². The van der Waals surface area contributed by atoms with Crippen LogP contribution in [0.2, 0.25) is 0 Å². The van der Waals surface area contributed by atoms with E-state index in [9.17, 15) is 4.79 Å². The Labute approximate surface area is 160 Å². The summed E-state index contributed by atoms with van der Waals surface area (Å²) in [6.45, 7) is 5.16. The third-order valence-corrected chi connectivity index (χ3v) is 6.14. The summed E-state index contributed by atoms with van der Waals surface area (Å²) in [6.07, 6.45) is 0.989. The van der Waals surface area contributed by atoms with Gasteiger partial charge in [0.1, 0.15) is 5.82 Å². The number of anilines is 1. The Morgan fingerprint density at radius 1 is 1.00 bits per heavy atom. The molecular weight excluding hydrogens is 358 g/mol. The predicted octanol–water partition coefficient (Wildman–Crippen LogP) is 2.83. The molecule has 2 N–H and O–H groups in total. The van der Waals surface area contributed by atoms with Crippen molar-refractivity contribution in [2.75, 3.05) is 37.6 Å². The monoisotopic (exact) mass is 379 g/mol. The number of benzene rings is 2. The molecule has 0 aliphatic carbocycles. The molecule has 0 saturated carbocycles. The van der Waals surface area contributed by atoms with Gasteiger partial charge in [-0.2, -0.15) is 4.37 Å². The van der Waals surface area contributed by atoms with E-state index >= 15 is 0 Å². The van der Waals surface area contributed by atoms with Crippen LogP contribution in [0.15, 0.2) is 47.3 Å². The lowest BCUT2D eigenvalue weighted by Crippen LogP contribution is -2.47. The molecular formula is C20H21N5OS. The molecule has 0 radical (unpaired) electrons. The van der Waals surface area contributed by atoms with Crippen LogP contribution >= 0.6 is 11.5 Å². The van der Waals surface area contributed by atoms with Crippen LogP contribution in [0.5, 0.6) is 0 Å². The molecule has 0 unspecified atom stereocenters. The fraction of sp³-hybridized carbons (Fsp3) is 0.300. The van der Waals surface area contributed by atoms with E-state index in [1.165, 1.54) is 15.6 Å². The number of piperazine rings is 1. The van der Waals surface area contributed by atoms with E-state index in [0.717, 1.165) is 56.0 Å². The summed E-state index contributed by atoms with van der Waals surface area (Å²) in [5, 5.41) is 1.27. The molecule has 2 aromatic heterocycles. The van der Waals surface area contributed by atoms with Crippen LogP contribution in [-0.4, -0.2) is 52.0 Å². The molecule has 6 nitrogen and oxygen atoms in total. The van der Waals surface area contributed by atoms with E-state index in [2.05, 4.69) is 60.5 Å². The van der Waals surface area contributed by atoms with Crippen LogP contribution in [0.25, 0.3) is 21.1 Å². The van der Waals surface area contributed by atoms with Crippen molar-refractivity contribution in [3.8, 4) is 0 Å². The summed E-state index contributed by atoms with van der Waals surface area (Å²) in [5.41, 5.74) is 2.86. The number of H-pyrrole nitrogens is 2. The van der Waals surface area contributed by atoms with Crippen LogP contribution in [0.3, 0.4) is 0 Å². The van der Waals surface area contributed by atoms with Crippen molar-refractivity contribution in [3.05, 3.63) is 58.5 Å². The van der Waals surface area contributed by atoms with E-state index < -0.39 is 0 Å². The van der Waals surface area contributed by atoms with Crippen molar-refractivity contribution in [1.29, 1.82) is 0 Å². The Bertz CT molecular complexity index is 1140. The maximum absolute atomic E-state index is 11.4. The van der Waals surface area contributed by atoms with Crippen LogP contribution < -0.4 is 10.6 Å². The first kappa shape index (κ1) is 16.5. The van der Waals surface area contributed by atoms with Gasteiger partial charge in [-0.15, -0.1) is 0 Å². The van der Waals surface area contributed by atoms with Crippen molar-refractivity contribution in [1.82, 2.24) is 19.2 Å². The highest BCUT2D eigenvalue weighted by atomic mass is 32.1. The van der Waals surface area contributed by atoms with Crippen molar-refractivity contribution >= 4 is 38.5 Å². The lowest BCUT2D eigenvalue weighted by atomic mass is 10.1. The zero-order chi connectivity index (χ0) is 18.2. The van der Waals surface area contributed by atoms with Crippen LogP contribution in [0.1, 0.15) is 5.56 Å². The zero-order valence-electron chi connectivity index (χ0n) is 14.9. The summed E-state index contributed by atoms with van der Waals surface area (Å²) >= 11 is 1.59. The molecule has 4 aromatic rings. The van der Waals surface area contributed by atoms with E-state index in [0.29, 0.717) is 0 Å². The molecule has 1 saturated heterocycles. The molecule has 0 amide bonds. The van der Waals surface area contributed by atoms with Gasteiger partial charge in [0, 0.05) is 38.1 Å². The number of hydrogen-bond acceptors (Lipinski definition) is 5. The van der Waals surface area contributed by atoms with Gasteiger partial charge in [0.25, 0.3) is 0 Å². The molecule has 0 spiro atoms. The second-order valence-corrected chi connectivity index (χ2v) is 7.85. The second kappa shape index (κ2) is 6.83. The fourth-order valence-corrected chi connectivity index (χ4v) is 4.60. The largest absolute Gasteiger partial charge is 0.353 e. The second-order valence-electron chi connectivity index (χ2n) is 7.04. The minimum atomic E-state index is -0.146. The first-order valence-corrected chi connectivity index (χ1v) is 10.1.